The summed E-state index contributed by atoms with van der Waals surface area (Å²) in [5, 5.41) is 0. The molecular weight excluding hydrogens is 233 g/mol. The van der Waals surface area contributed by atoms with Crippen LogP contribution < -0.4 is 0 Å². The van der Waals surface area contributed by atoms with Crippen LogP contribution in [0.3, 0.4) is 0 Å². The second kappa shape index (κ2) is 4.49. The Hall–Kier alpha value is -1.36. The van der Waals surface area contributed by atoms with Crippen LogP contribution in [-0.4, -0.2) is 18.0 Å². The highest BCUT2D eigenvalue weighted by molar-refractivity contribution is 5.99. The van der Waals surface area contributed by atoms with Gasteiger partial charge in [-0.3, -0.25) is 4.79 Å². The summed E-state index contributed by atoms with van der Waals surface area (Å²) in [5.41, 5.74) is -0.456. The third-order valence-electron chi connectivity index (χ3n) is 2.80. The number of rotatable bonds is 2. The van der Waals surface area contributed by atoms with Crippen LogP contribution in [0.4, 0.5) is 13.2 Å². The van der Waals surface area contributed by atoms with Crippen molar-refractivity contribution in [3.8, 4) is 0 Å². The number of halogens is 3. The van der Waals surface area contributed by atoms with Crippen LogP contribution in [0.1, 0.15) is 30.1 Å². The van der Waals surface area contributed by atoms with E-state index in [1.165, 1.54) is 0 Å². The number of hydrogen-bond acceptors (Lipinski definition) is 2. The number of ether oxygens (including phenoxy) is 1. The van der Waals surface area contributed by atoms with Gasteiger partial charge in [0.1, 0.15) is 11.9 Å². The molecule has 1 saturated heterocycles. The average Bonchev–Trinajstić information content (AvgIpc) is 2.69. The molecule has 17 heavy (non-hydrogen) atoms. The molecular formula is C12H11F3O2. The van der Waals surface area contributed by atoms with Gasteiger partial charge in [-0.25, -0.2) is 13.2 Å². The first-order valence-electron chi connectivity index (χ1n) is 5.33. The Kier molecular flexibility index (Phi) is 3.19. The van der Waals surface area contributed by atoms with E-state index in [2.05, 4.69) is 0 Å². The topological polar surface area (TPSA) is 26.3 Å². The zero-order valence-corrected chi connectivity index (χ0v) is 9.17. The molecule has 0 bridgehead atoms. The highest BCUT2D eigenvalue weighted by atomic mass is 19.2. The van der Waals surface area contributed by atoms with Crippen molar-refractivity contribution in [2.45, 2.75) is 32.0 Å². The van der Waals surface area contributed by atoms with Crippen molar-refractivity contribution in [3.05, 3.63) is 35.1 Å². The Morgan fingerprint density at radius 1 is 1.18 bits per heavy atom. The van der Waals surface area contributed by atoms with E-state index in [4.69, 9.17) is 4.74 Å². The molecule has 0 saturated carbocycles. The average molecular weight is 244 g/mol. The van der Waals surface area contributed by atoms with Crippen LogP contribution in [0.5, 0.6) is 0 Å². The number of Topliss-reactive ketones (excluding diaryl/α,β-unsaturated/α-hetero) is 1. The van der Waals surface area contributed by atoms with Crippen molar-refractivity contribution in [1.29, 1.82) is 0 Å². The van der Waals surface area contributed by atoms with Gasteiger partial charge in [0.05, 0.1) is 11.7 Å². The Morgan fingerprint density at radius 3 is 2.41 bits per heavy atom. The Balaban J connectivity index is 2.28. The predicted octanol–water partition coefficient (Wildman–Crippen LogP) is 2.85. The Morgan fingerprint density at radius 2 is 1.82 bits per heavy atom. The molecule has 1 aliphatic heterocycles. The van der Waals surface area contributed by atoms with E-state index in [0.717, 1.165) is 0 Å². The van der Waals surface area contributed by atoms with Gasteiger partial charge in [0, 0.05) is 6.07 Å². The van der Waals surface area contributed by atoms with E-state index in [1.807, 2.05) is 0 Å². The van der Waals surface area contributed by atoms with Gasteiger partial charge in [-0.05, 0) is 25.8 Å². The maximum atomic E-state index is 13.3. The quantitative estimate of drug-likeness (QED) is 0.590. The molecule has 0 spiro atoms. The van der Waals surface area contributed by atoms with Crippen LogP contribution >= 0.6 is 0 Å². The molecule has 1 aromatic carbocycles. The van der Waals surface area contributed by atoms with Gasteiger partial charge in [-0.15, -0.1) is 0 Å². The lowest BCUT2D eigenvalue weighted by Crippen LogP contribution is -2.22. The second-order valence-electron chi connectivity index (χ2n) is 4.12. The monoisotopic (exact) mass is 244 g/mol. The Bertz CT molecular complexity index is 459. The fraction of sp³-hybridized carbons (Fsp3) is 0.417. The molecule has 1 aliphatic rings. The van der Waals surface area contributed by atoms with Crippen molar-refractivity contribution in [2.75, 3.05) is 0 Å². The van der Waals surface area contributed by atoms with E-state index >= 15 is 0 Å². The minimum atomic E-state index is -1.31. The van der Waals surface area contributed by atoms with Gasteiger partial charge >= 0.3 is 0 Å². The van der Waals surface area contributed by atoms with Crippen LogP contribution in [0, 0.1) is 17.5 Å². The summed E-state index contributed by atoms with van der Waals surface area (Å²) in [4.78, 5) is 11.8. The second-order valence-corrected chi connectivity index (χ2v) is 4.12. The number of hydrogen-bond donors (Lipinski definition) is 0. The van der Waals surface area contributed by atoms with Gasteiger partial charge in [-0.2, -0.15) is 0 Å². The third-order valence-corrected chi connectivity index (χ3v) is 2.80. The first kappa shape index (κ1) is 12.1. The highest BCUT2D eigenvalue weighted by Crippen LogP contribution is 2.24. The zero-order chi connectivity index (χ0) is 12.6. The van der Waals surface area contributed by atoms with Gasteiger partial charge in [0.2, 0.25) is 0 Å². The molecule has 0 amide bonds. The lowest BCUT2D eigenvalue weighted by Gasteiger charge is -2.10. The summed E-state index contributed by atoms with van der Waals surface area (Å²) in [6.45, 7) is 1.80. The Labute approximate surface area is 96.4 Å². The van der Waals surface area contributed by atoms with Crippen molar-refractivity contribution in [2.24, 2.45) is 0 Å². The fourth-order valence-electron chi connectivity index (χ4n) is 1.88. The van der Waals surface area contributed by atoms with Crippen LogP contribution in [0.2, 0.25) is 0 Å². The maximum absolute atomic E-state index is 13.3. The molecule has 0 aromatic heterocycles. The smallest absolute Gasteiger partial charge is 0.194 e. The summed E-state index contributed by atoms with van der Waals surface area (Å²) in [5.74, 6) is -4.23. The largest absolute Gasteiger partial charge is 0.367 e. The number of ketones is 1. The third kappa shape index (κ3) is 2.34. The van der Waals surface area contributed by atoms with E-state index in [9.17, 15) is 18.0 Å². The molecule has 2 unspecified atom stereocenters. The summed E-state index contributed by atoms with van der Waals surface area (Å²) < 4.78 is 44.3. The normalized spacial score (nSPS) is 24.0. The fourth-order valence-corrected chi connectivity index (χ4v) is 1.88. The minimum absolute atomic E-state index is 0.0719. The van der Waals surface area contributed by atoms with Gasteiger partial charge < -0.3 is 4.74 Å². The molecule has 2 atom stereocenters. The number of carbonyl (C=O) groups is 1. The summed E-state index contributed by atoms with van der Waals surface area (Å²) in [6.07, 6.45) is 0.335. The van der Waals surface area contributed by atoms with Crippen LogP contribution in [0.25, 0.3) is 0 Å². The molecule has 5 heteroatoms. The number of benzene rings is 1. The summed E-state index contributed by atoms with van der Waals surface area (Å²) >= 11 is 0. The lowest BCUT2D eigenvalue weighted by molar-refractivity contribution is 0.0429. The molecule has 1 aromatic rings. The van der Waals surface area contributed by atoms with Crippen molar-refractivity contribution in [3.63, 3.8) is 0 Å². The van der Waals surface area contributed by atoms with Crippen molar-refractivity contribution in [1.82, 2.24) is 0 Å². The SMILES string of the molecule is CC1CCC(C(=O)c2cc(F)c(F)cc2F)O1. The van der Waals surface area contributed by atoms with Gasteiger partial charge in [-0.1, -0.05) is 0 Å². The first-order valence-corrected chi connectivity index (χ1v) is 5.33. The molecule has 1 fully saturated rings. The van der Waals surface area contributed by atoms with Gasteiger partial charge in [0.25, 0.3) is 0 Å². The van der Waals surface area contributed by atoms with Crippen molar-refractivity contribution >= 4 is 5.78 Å². The summed E-state index contributed by atoms with van der Waals surface area (Å²) in [6, 6.07) is 0.959. The highest BCUT2D eigenvalue weighted by Gasteiger charge is 2.31. The molecule has 0 N–H and O–H groups in total. The molecule has 0 radical (unpaired) electrons. The maximum Gasteiger partial charge on any atom is 0.194 e. The zero-order valence-electron chi connectivity index (χ0n) is 9.17. The minimum Gasteiger partial charge on any atom is -0.367 e. The van der Waals surface area contributed by atoms with E-state index in [0.29, 0.717) is 25.0 Å². The van der Waals surface area contributed by atoms with Crippen LogP contribution in [-0.2, 0) is 4.74 Å². The molecule has 2 rings (SSSR count). The van der Waals surface area contributed by atoms with E-state index in [-0.39, 0.29) is 6.10 Å². The van der Waals surface area contributed by atoms with E-state index < -0.39 is 34.9 Å². The van der Waals surface area contributed by atoms with Crippen molar-refractivity contribution < 1.29 is 22.7 Å². The molecule has 0 aliphatic carbocycles. The molecule has 1 heterocycles. The number of carbonyl (C=O) groups excluding carboxylic acids is 1. The molecule has 92 valence electrons. The standard InChI is InChI=1S/C12H11F3O2/c1-6-2-3-11(17-6)12(16)7-4-9(14)10(15)5-8(7)13/h4-6,11H,2-3H2,1H3. The predicted molar refractivity (Wildman–Crippen MR) is 54.2 cm³/mol. The van der Waals surface area contributed by atoms with Gasteiger partial charge in [0.15, 0.2) is 17.4 Å². The summed E-state index contributed by atoms with van der Waals surface area (Å²) in [7, 11) is 0. The van der Waals surface area contributed by atoms with Crippen LogP contribution in [0.15, 0.2) is 12.1 Å². The lowest BCUT2D eigenvalue weighted by atomic mass is 10.0. The molecule has 2 nitrogen and oxygen atoms in total. The van der Waals surface area contributed by atoms with E-state index in [1.54, 1.807) is 6.92 Å². The first-order chi connectivity index (χ1) is 7.99.